The molecular formula is C28H36Cl2SiZr. The van der Waals surface area contributed by atoms with Crippen molar-refractivity contribution in [2.24, 2.45) is 5.92 Å². The quantitative estimate of drug-likeness (QED) is 0.328. The number of aryl methyl sites for hydroxylation is 2. The van der Waals surface area contributed by atoms with Crippen LogP contribution in [0.25, 0.3) is 5.57 Å². The van der Waals surface area contributed by atoms with Gasteiger partial charge in [0.05, 0.1) is 0 Å². The molecule has 2 unspecified atom stereocenters. The van der Waals surface area contributed by atoms with E-state index >= 15 is 0 Å². The maximum Gasteiger partial charge on any atom is -0.147 e. The Kier molecular flexibility index (Phi) is 9.25. The molecule has 0 nitrogen and oxygen atoms in total. The number of rotatable bonds is 3. The molecule has 0 heterocycles. The number of allylic oxidation sites excluding steroid dienone is 5. The second-order valence-electron chi connectivity index (χ2n) is 9.43. The van der Waals surface area contributed by atoms with E-state index in [2.05, 4.69) is 103 Å². The van der Waals surface area contributed by atoms with Crippen molar-refractivity contribution < 1.29 is 20.4 Å². The summed E-state index contributed by atoms with van der Waals surface area (Å²) < 4.78 is 2.58. The van der Waals surface area contributed by atoms with Gasteiger partial charge in [0.15, 0.2) is 0 Å². The van der Waals surface area contributed by atoms with E-state index in [1.807, 2.05) is 3.28 Å². The van der Waals surface area contributed by atoms with E-state index in [1.165, 1.54) is 27.8 Å². The number of hydrogen-bond donors (Lipinski definition) is 0. The van der Waals surface area contributed by atoms with Crippen LogP contribution < -0.4 is 0 Å². The third-order valence-corrected chi connectivity index (χ3v) is 26.1. The zero-order valence-electron chi connectivity index (χ0n) is 20.6. The average molecular weight is 563 g/mol. The van der Waals surface area contributed by atoms with Crippen LogP contribution in [0.15, 0.2) is 68.5 Å². The molecule has 170 valence electrons. The second-order valence-corrected chi connectivity index (χ2v) is 26.9. The summed E-state index contributed by atoms with van der Waals surface area (Å²) in [6.45, 7) is 19.4. The summed E-state index contributed by atoms with van der Waals surface area (Å²) >= 11 is -1.93. The van der Waals surface area contributed by atoms with Gasteiger partial charge < -0.3 is 0 Å². The Morgan fingerprint density at radius 1 is 0.812 bits per heavy atom. The molecule has 2 aromatic carbocycles. The normalized spacial score (nSPS) is 19.3. The van der Waals surface area contributed by atoms with Crippen LogP contribution in [0.4, 0.5) is 0 Å². The van der Waals surface area contributed by atoms with Gasteiger partial charge in [-0.3, -0.25) is 0 Å². The number of benzene rings is 2. The van der Waals surface area contributed by atoms with Gasteiger partial charge in [0, 0.05) is 0 Å². The van der Waals surface area contributed by atoms with Crippen molar-refractivity contribution in [3.63, 3.8) is 0 Å². The van der Waals surface area contributed by atoms with Crippen molar-refractivity contribution in [2.45, 2.75) is 58.3 Å². The summed E-state index contributed by atoms with van der Waals surface area (Å²) in [4.78, 5) is 0. The fourth-order valence-corrected chi connectivity index (χ4v) is 25.0. The first-order valence-electron chi connectivity index (χ1n) is 11.2. The van der Waals surface area contributed by atoms with Crippen LogP contribution in [0.5, 0.6) is 0 Å². The minimum absolute atomic E-state index is 0. The van der Waals surface area contributed by atoms with Crippen molar-refractivity contribution in [2.75, 3.05) is 0 Å². The number of halogens is 2. The van der Waals surface area contributed by atoms with Crippen molar-refractivity contribution in [3.8, 4) is 0 Å². The molecule has 2 aliphatic carbocycles. The van der Waals surface area contributed by atoms with E-state index in [9.17, 15) is 0 Å². The summed E-state index contributed by atoms with van der Waals surface area (Å²) in [7, 11) is 0. The summed E-state index contributed by atoms with van der Waals surface area (Å²) in [6, 6.07) is 16.1. The molecule has 0 saturated carbocycles. The molecule has 0 aromatic heterocycles. The first-order valence-corrected chi connectivity index (χ1v) is 20.0. The molecule has 0 saturated heterocycles. The van der Waals surface area contributed by atoms with Crippen LogP contribution in [-0.4, -0.2) is 5.43 Å². The van der Waals surface area contributed by atoms with Gasteiger partial charge in [0.2, 0.25) is 0 Å². The molecule has 0 fully saturated rings. The average Bonchev–Trinajstić information content (AvgIpc) is 3.16. The predicted molar refractivity (Wildman–Crippen MR) is 144 cm³/mol. The van der Waals surface area contributed by atoms with Gasteiger partial charge in [-0.25, -0.2) is 0 Å². The summed E-state index contributed by atoms with van der Waals surface area (Å²) in [5.41, 5.74) is 13.3. The molecule has 2 aliphatic rings. The van der Waals surface area contributed by atoms with Gasteiger partial charge in [-0.2, -0.15) is 0 Å². The van der Waals surface area contributed by atoms with E-state index in [0.717, 1.165) is 0 Å². The zero-order valence-corrected chi connectivity index (χ0v) is 25.7. The zero-order chi connectivity index (χ0) is 21.7. The van der Waals surface area contributed by atoms with Gasteiger partial charge in [-0.1, -0.05) is 0 Å². The monoisotopic (exact) mass is 560 g/mol. The van der Waals surface area contributed by atoms with E-state index < -0.39 is 20.4 Å². The summed E-state index contributed by atoms with van der Waals surface area (Å²) in [5.74, 6) is 0.656. The van der Waals surface area contributed by atoms with Crippen molar-refractivity contribution in [1.29, 1.82) is 0 Å². The molecule has 0 N–H and O–H groups in total. The predicted octanol–water partition coefficient (Wildman–Crippen LogP) is 8.76. The number of hydrogen-bond acceptors (Lipinski definition) is 0. The molecule has 4 rings (SSSR count). The molecule has 0 radical (unpaired) electrons. The van der Waals surface area contributed by atoms with E-state index in [0.29, 0.717) is 9.54 Å². The first-order chi connectivity index (χ1) is 14.2. The Balaban J connectivity index is 0.00000181. The van der Waals surface area contributed by atoms with Gasteiger partial charge in [-0.05, 0) is 0 Å². The largest absolute Gasteiger partial charge is 0.147 e. The minimum Gasteiger partial charge on any atom is -0.147 e. The molecule has 0 spiro atoms. The standard InChI is InChI=1S/C17H15.C9H13.C2H6Si.2ClH.Zr/c1-12-10-15-8-9-16(17(15)11-13(12)2)14-6-4-3-5-7-14;1-6-5-7(2)9(4)8(6)3;1-3-2;;;/h3-11H,1-2H3;6H,1-4H3;1-2H3;2*1H;. The number of fused-ring (bicyclic) bond motifs is 1. The molecule has 4 heteroatoms. The fraction of sp³-hybridized carbons (Fsp3) is 0.357. The van der Waals surface area contributed by atoms with Gasteiger partial charge in [0.1, 0.15) is 0 Å². The molecule has 0 aliphatic heterocycles. The minimum atomic E-state index is -1.93. The molecular weight excluding hydrogens is 527 g/mol. The third kappa shape index (κ3) is 4.63. The fourth-order valence-electron chi connectivity index (χ4n) is 5.33. The molecule has 32 heavy (non-hydrogen) atoms. The Hall–Kier alpha value is -0.660. The van der Waals surface area contributed by atoms with E-state index in [1.54, 1.807) is 22.3 Å². The maximum absolute atomic E-state index is 2.70. The summed E-state index contributed by atoms with van der Waals surface area (Å²) in [5, 5.41) is 0. The Morgan fingerprint density at radius 2 is 1.41 bits per heavy atom. The van der Waals surface area contributed by atoms with Gasteiger partial charge in [-0.15, -0.1) is 24.8 Å². The van der Waals surface area contributed by atoms with E-state index in [4.69, 9.17) is 0 Å². The molecule has 2 atom stereocenters. The topological polar surface area (TPSA) is 0 Å². The van der Waals surface area contributed by atoms with Crippen molar-refractivity contribution >= 4 is 35.8 Å². The SMILES string of the molecule is CC1=C(C)C(C)[C]([Zr]([CH]2C=C(c3ccccc3)c3cc(C)c(C)cc32)=[Si](C)C)=C1C.Cl.Cl. The Bertz CT molecular complexity index is 1170. The molecule has 0 bridgehead atoms. The van der Waals surface area contributed by atoms with Gasteiger partial charge in [0.25, 0.3) is 0 Å². The smallest absolute Gasteiger partial charge is 0.147 e. The van der Waals surface area contributed by atoms with Crippen LogP contribution in [-0.2, 0) is 20.4 Å². The van der Waals surface area contributed by atoms with Crippen LogP contribution in [0.3, 0.4) is 0 Å². The van der Waals surface area contributed by atoms with E-state index in [-0.39, 0.29) is 30.2 Å². The first kappa shape index (κ1) is 27.6. The van der Waals surface area contributed by atoms with Crippen LogP contribution in [0.1, 0.15) is 59.1 Å². The third-order valence-electron chi connectivity index (χ3n) is 7.49. The molecule has 2 aromatic rings. The molecule has 0 amide bonds. The Labute approximate surface area is 215 Å². The maximum atomic E-state index is 2.70. The van der Waals surface area contributed by atoms with Gasteiger partial charge >= 0.3 is 192 Å². The van der Waals surface area contributed by atoms with Crippen LogP contribution in [0, 0.1) is 19.8 Å². The van der Waals surface area contributed by atoms with Crippen molar-refractivity contribution in [1.82, 2.24) is 0 Å². The Morgan fingerprint density at radius 3 is 1.94 bits per heavy atom. The van der Waals surface area contributed by atoms with Crippen molar-refractivity contribution in [3.05, 3.63) is 96.4 Å². The van der Waals surface area contributed by atoms with Crippen LogP contribution in [0.2, 0.25) is 13.1 Å². The second kappa shape index (κ2) is 10.7. The summed E-state index contributed by atoms with van der Waals surface area (Å²) in [6.07, 6.45) is 2.70. The van der Waals surface area contributed by atoms with Crippen LogP contribution >= 0.6 is 24.8 Å².